The van der Waals surface area contributed by atoms with E-state index >= 15 is 0 Å². The quantitative estimate of drug-likeness (QED) is 0.737. The van der Waals surface area contributed by atoms with Crippen LogP contribution in [0.3, 0.4) is 0 Å². The van der Waals surface area contributed by atoms with Crippen molar-refractivity contribution in [2.24, 2.45) is 0 Å². The third-order valence-electron chi connectivity index (χ3n) is 3.67. The Morgan fingerprint density at radius 1 is 1.05 bits per heavy atom. The first kappa shape index (κ1) is 13.4. The largest absolute Gasteiger partial charge is 0.399 e. The van der Waals surface area contributed by atoms with Crippen LogP contribution in [0.15, 0.2) is 60.8 Å². The smallest absolute Gasteiger partial charge is 0.0722 e. The summed E-state index contributed by atoms with van der Waals surface area (Å²) >= 11 is 0. The molecule has 0 amide bonds. The van der Waals surface area contributed by atoms with Crippen LogP contribution in [0.2, 0.25) is 0 Å². The van der Waals surface area contributed by atoms with E-state index in [2.05, 4.69) is 41.1 Å². The molecule has 3 heteroatoms. The maximum atomic E-state index is 5.88. The molecule has 0 radical (unpaired) electrons. The highest BCUT2D eigenvalue weighted by Gasteiger charge is 2.09. The van der Waals surface area contributed by atoms with Gasteiger partial charge in [0.2, 0.25) is 0 Å². The Hall–Kier alpha value is -2.55. The number of hydrogen-bond acceptors (Lipinski definition) is 3. The van der Waals surface area contributed by atoms with Crippen molar-refractivity contribution in [1.29, 1.82) is 0 Å². The van der Waals surface area contributed by atoms with Crippen LogP contribution in [0.25, 0.3) is 10.9 Å². The lowest BCUT2D eigenvalue weighted by molar-refractivity contribution is 0.835. The minimum absolute atomic E-state index is 0.808. The summed E-state index contributed by atoms with van der Waals surface area (Å²) in [6, 6.07) is 18.4. The van der Waals surface area contributed by atoms with Gasteiger partial charge in [-0.05, 0) is 36.8 Å². The first-order chi connectivity index (χ1) is 10.3. The average Bonchev–Trinajstić information content (AvgIpc) is 2.52. The first-order valence-corrected chi connectivity index (χ1v) is 7.21. The van der Waals surface area contributed by atoms with Gasteiger partial charge >= 0.3 is 0 Å². The van der Waals surface area contributed by atoms with Crippen LogP contribution in [0, 0.1) is 0 Å². The van der Waals surface area contributed by atoms with Gasteiger partial charge in [0.25, 0.3) is 0 Å². The number of nitrogens with zero attached hydrogens (tertiary/aromatic N) is 2. The van der Waals surface area contributed by atoms with Gasteiger partial charge in [-0.1, -0.05) is 30.3 Å². The van der Waals surface area contributed by atoms with Gasteiger partial charge in [-0.2, -0.15) is 0 Å². The maximum absolute atomic E-state index is 5.88. The Bertz CT molecular complexity index is 747. The second kappa shape index (κ2) is 5.83. The van der Waals surface area contributed by atoms with E-state index in [0.717, 1.165) is 24.3 Å². The number of nitrogen functional groups attached to an aromatic ring is 1. The predicted molar refractivity (Wildman–Crippen MR) is 89.3 cm³/mol. The molecule has 2 N–H and O–H groups in total. The summed E-state index contributed by atoms with van der Waals surface area (Å²) in [6.07, 6.45) is 1.87. The molecule has 1 aromatic heterocycles. The van der Waals surface area contributed by atoms with E-state index in [9.17, 15) is 0 Å². The monoisotopic (exact) mass is 277 g/mol. The summed E-state index contributed by atoms with van der Waals surface area (Å²) in [6.45, 7) is 3.94. The zero-order valence-electron chi connectivity index (χ0n) is 12.2. The molecule has 0 unspecified atom stereocenters. The molecule has 0 saturated carbocycles. The number of benzene rings is 2. The molecule has 3 rings (SSSR count). The van der Waals surface area contributed by atoms with Crippen LogP contribution in [0.4, 0.5) is 11.4 Å². The third-order valence-corrected chi connectivity index (χ3v) is 3.67. The molecule has 3 nitrogen and oxygen atoms in total. The lowest BCUT2D eigenvalue weighted by Gasteiger charge is -2.24. The molecule has 3 aromatic rings. The van der Waals surface area contributed by atoms with Gasteiger partial charge in [-0.3, -0.25) is 4.98 Å². The normalized spacial score (nSPS) is 10.7. The second-order valence-corrected chi connectivity index (χ2v) is 5.11. The summed E-state index contributed by atoms with van der Waals surface area (Å²) in [7, 11) is 0. The number of anilines is 2. The fraction of sp³-hybridized carbons (Fsp3) is 0.167. The molecule has 0 aliphatic heterocycles. The van der Waals surface area contributed by atoms with Gasteiger partial charge in [-0.15, -0.1) is 0 Å². The Kier molecular flexibility index (Phi) is 3.73. The molecule has 2 aromatic carbocycles. The molecule has 0 bridgehead atoms. The summed E-state index contributed by atoms with van der Waals surface area (Å²) < 4.78 is 0. The van der Waals surface area contributed by atoms with E-state index < -0.39 is 0 Å². The zero-order chi connectivity index (χ0) is 14.7. The van der Waals surface area contributed by atoms with Crippen LogP contribution in [0.1, 0.15) is 12.5 Å². The fourth-order valence-corrected chi connectivity index (χ4v) is 2.64. The number of fused-ring (bicyclic) bond motifs is 1. The standard InChI is InChI=1S/C18H19N3/c1-2-21(13-14-6-5-7-15(19)12-14)18-10-11-20-17-9-4-3-8-16(17)18/h3-12H,2,13,19H2,1H3. The average molecular weight is 277 g/mol. The lowest BCUT2D eigenvalue weighted by Crippen LogP contribution is -2.22. The van der Waals surface area contributed by atoms with Crippen molar-refractivity contribution in [2.75, 3.05) is 17.2 Å². The van der Waals surface area contributed by atoms with E-state index in [4.69, 9.17) is 5.73 Å². The van der Waals surface area contributed by atoms with Crippen molar-refractivity contribution in [3.8, 4) is 0 Å². The molecule has 0 spiro atoms. The zero-order valence-corrected chi connectivity index (χ0v) is 12.2. The van der Waals surface area contributed by atoms with Crippen molar-refractivity contribution in [1.82, 2.24) is 4.98 Å². The highest BCUT2D eigenvalue weighted by atomic mass is 15.1. The summed E-state index contributed by atoms with van der Waals surface area (Å²) in [5.74, 6) is 0. The van der Waals surface area contributed by atoms with E-state index in [1.807, 2.05) is 36.5 Å². The predicted octanol–water partition coefficient (Wildman–Crippen LogP) is 3.84. The Morgan fingerprint density at radius 2 is 1.90 bits per heavy atom. The van der Waals surface area contributed by atoms with E-state index in [1.54, 1.807) is 0 Å². The Labute approximate surface area is 125 Å². The fourth-order valence-electron chi connectivity index (χ4n) is 2.64. The number of pyridine rings is 1. The van der Waals surface area contributed by atoms with Crippen LogP contribution < -0.4 is 10.6 Å². The van der Waals surface area contributed by atoms with Crippen LogP contribution in [-0.2, 0) is 6.54 Å². The van der Waals surface area contributed by atoms with Gasteiger partial charge in [0.05, 0.1) is 5.52 Å². The number of hydrogen-bond donors (Lipinski definition) is 1. The highest BCUT2D eigenvalue weighted by molar-refractivity contribution is 5.91. The topological polar surface area (TPSA) is 42.1 Å². The SMILES string of the molecule is CCN(Cc1cccc(N)c1)c1ccnc2ccccc12. The van der Waals surface area contributed by atoms with E-state index in [0.29, 0.717) is 0 Å². The minimum atomic E-state index is 0.808. The van der Waals surface area contributed by atoms with E-state index in [-0.39, 0.29) is 0 Å². The van der Waals surface area contributed by atoms with Crippen molar-refractivity contribution >= 4 is 22.3 Å². The van der Waals surface area contributed by atoms with Crippen molar-refractivity contribution < 1.29 is 0 Å². The van der Waals surface area contributed by atoms with Gasteiger partial charge in [0.15, 0.2) is 0 Å². The summed E-state index contributed by atoms with van der Waals surface area (Å²) in [5.41, 5.74) is 10.1. The molecule has 21 heavy (non-hydrogen) atoms. The van der Waals surface area contributed by atoms with Gasteiger partial charge < -0.3 is 10.6 Å². The van der Waals surface area contributed by atoms with Crippen molar-refractivity contribution in [3.05, 3.63) is 66.4 Å². The molecule has 106 valence electrons. The van der Waals surface area contributed by atoms with E-state index in [1.165, 1.54) is 16.6 Å². The molecular formula is C18H19N3. The summed E-state index contributed by atoms with van der Waals surface area (Å²) in [4.78, 5) is 6.78. The molecular weight excluding hydrogens is 258 g/mol. The first-order valence-electron chi connectivity index (χ1n) is 7.21. The summed E-state index contributed by atoms with van der Waals surface area (Å²) in [5, 5.41) is 1.19. The van der Waals surface area contributed by atoms with Crippen LogP contribution >= 0.6 is 0 Å². The Morgan fingerprint density at radius 3 is 2.71 bits per heavy atom. The Balaban J connectivity index is 1.98. The third kappa shape index (κ3) is 2.82. The maximum Gasteiger partial charge on any atom is 0.0722 e. The highest BCUT2D eigenvalue weighted by Crippen LogP contribution is 2.26. The molecule has 0 aliphatic rings. The second-order valence-electron chi connectivity index (χ2n) is 5.11. The number of aromatic nitrogens is 1. The van der Waals surface area contributed by atoms with Gasteiger partial charge in [-0.25, -0.2) is 0 Å². The molecule has 1 heterocycles. The number of rotatable bonds is 4. The van der Waals surface area contributed by atoms with Crippen LogP contribution in [0.5, 0.6) is 0 Å². The van der Waals surface area contributed by atoms with Crippen LogP contribution in [-0.4, -0.2) is 11.5 Å². The van der Waals surface area contributed by atoms with Gasteiger partial charge in [0, 0.05) is 36.0 Å². The molecule has 0 atom stereocenters. The van der Waals surface area contributed by atoms with Gasteiger partial charge in [0.1, 0.15) is 0 Å². The number of nitrogens with two attached hydrogens (primary N) is 1. The molecule has 0 aliphatic carbocycles. The molecule has 0 fully saturated rings. The van der Waals surface area contributed by atoms with Crippen molar-refractivity contribution in [3.63, 3.8) is 0 Å². The minimum Gasteiger partial charge on any atom is -0.399 e. The molecule has 0 saturated heterocycles. The number of para-hydroxylation sites is 1. The lowest BCUT2D eigenvalue weighted by atomic mass is 10.1. The van der Waals surface area contributed by atoms with Crippen molar-refractivity contribution in [2.45, 2.75) is 13.5 Å².